The lowest BCUT2D eigenvalue weighted by atomic mass is 9.94. The summed E-state index contributed by atoms with van der Waals surface area (Å²) in [7, 11) is 0. The molecule has 2 aromatic heterocycles. The normalized spacial score (nSPS) is 13.4. The highest BCUT2D eigenvalue weighted by Gasteiger charge is 2.32. The number of aromatic nitrogens is 2. The third-order valence-electron chi connectivity index (χ3n) is 4.75. The van der Waals surface area contributed by atoms with E-state index in [1.165, 1.54) is 16.7 Å². The molecule has 5 rings (SSSR count). The number of thioether (sulfide) groups is 1. The van der Waals surface area contributed by atoms with Gasteiger partial charge >= 0.3 is 0 Å². The van der Waals surface area contributed by atoms with Crippen molar-refractivity contribution in [2.24, 2.45) is 0 Å². The Labute approximate surface area is 174 Å². The largest absolute Gasteiger partial charge is 0.410 e. The molecular weight excluding hydrogens is 406 g/mol. The second kappa shape index (κ2) is 7.46. The number of hydrogen-bond donors (Lipinski definition) is 0. The number of benzene rings is 2. The van der Waals surface area contributed by atoms with E-state index in [1.807, 2.05) is 41.8 Å². The van der Waals surface area contributed by atoms with Crippen LogP contribution in [0.3, 0.4) is 0 Å². The molecule has 144 valence electrons. The van der Waals surface area contributed by atoms with Gasteiger partial charge in [-0.1, -0.05) is 42.1 Å². The fourth-order valence-electron chi connectivity index (χ4n) is 3.43. The topological polar surface area (TPSA) is 76.3 Å². The molecule has 6 nitrogen and oxygen atoms in total. The van der Waals surface area contributed by atoms with Crippen molar-refractivity contribution >= 4 is 45.7 Å². The molecule has 0 radical (unpaired) electrons. The molecule has 29 heavy (non-hydrogen) atoms. The van der Waals surface area contributed by atoms with Gasteiger partial charge in [0.2, 0.25) is 0 Å². The fourth-order valence-corrected chi connectivity index (χ4v) is 4.76. The van der Waals surface area contributed by atoms with Gasteiger partial charge in [0.05, 0.1) is 4.88 Å². The van der Waals surface area contributed by atoms with Crippen LogP contribution in [0, 0.1) is 0 Å². The van der Waals surface area contributed by atoms with Crippen LogP contribution in [-0.4, -0.2) is 39.2 Å². The number of amides is 2. The highest BCUT2D eigenvalue weighted by atomic mass is 32.2. The van der Waals surface area contributed by atoms with Crippen molar-refractivity contribution < 1.29 is 14.0 Å². The van der Waals surface area contributed by atoms with Crippen LogP contribution >= 0.6 is 23.1 Å². The van der Waals surface area contributed by atoms with Gasteiger partial charge in [0.25, 0.3) is 22.9 Å². The minimum absolute atomic E-state index is 0.234. The van der Waals surface area contributed by atoms with Gasteiger partial charge in [0, 0.05) is 28.8 Å². The van der Waals surface area contributed by atoms with E-state index in [0.717, 1.165) is 15.6 Å². The lowest BCUT2D eigenvalue weighted by Crippen LogP contribution is -2.41. The molecule has 4 aromatic rings. The lowest BCUT2D eigenvalue weighted by molar-refractivity contribution is 0.0611. The van der Waals surface area contributed by atoms with Crippen molar-refractivity contribution in [2.45, 2.75) is 11.6 Å². The van der Waals surface area contributed by atoms with E-state index in [4.69, 9.17) is 4.42 Å². The second-order valence-electron chi connectivity index (χ2n) is 6.52. The van der Waals surface area contributed by atoms with E-state index in [0.29, 0.717) is 41.0 Å². The number of rotatable bonds is 6. The first-order chi connectivity index (χ1) is 14.2. The van der Waals surface area contributed by atoms with Crippen molar-refractivity contribution in [3.8, 4) is 10.8 Å². The Morgan fingerprint density at radius 2 is 1.72 bits per heavy atom. The van der Waals surface area contributed by atoms with E-state index in [9.17, 15) is 9.59 Å². The Morgan fingerprint density at radius 3 is 2.41 bits per heavy atom. The Balaban J connectivity index is 1.25. The molecule has 0 saturated carbocycles. The Kier molecular flexibility index (Phi) is 4.65. The van der Waals surface area contributed by atoms with Crippen LogP contribution in [-0.2, 0) is 0 Å². The number of imide groups is 1. The Bertz CT molecular complexity index is 1170. The molecule has 0 aliphatic carbocycles. The summed E-state index contributed by atoms with van der Waals surface area (Å²) in [6.45, 7) is 0.349. The number of nitrogens with zero attached hydrogens (tertiary/aromatic N) is 3. The van der Waals surface area contributed by atoms with Crippen LogP contribution in [0.5, 0.6) is 0 Å². The minimum Gasteiger partial charge on any atom is -0.410 e. The van der Waals surface area contributed by atoms with Crippen molar-refractivity contribution in [2.75, 3.05) is 12.3 Å². The van der Waals surface area contributed by atoms with E-state index in [1.54, 1.807) is 23.5 Å². The summed E-state index contributed by atoms with van der Waals surface area (Å²) >= 11 is 2.97. The maximum atomic E-state index is 12.9. The summed E-state index contributed by atoms with van der Waals surface area (Å²) in [5, 5.41) is 12.2. The molecular formula is C21H15N3O3S2. The summed E-state index contributed by atoms with van der Waals surface area (Å²) in [5.74, 6) is 0.701. The number of carbonyl (C=O) groups is 2. The standard InChI is InChI=1S/C21H15N3O3S2/c25-19-14-7-1-5-13-6-2-8-15(17(13)14)20(26)24(19)10-4-12-29-21-23-22-18(27-21)16-9-3-11-28-16/h1-3,5-9,11H,4,10,12H2. The van der Waals surface area contributed by atoms with Crippen molar-refractivity contribution in [1.82, 2.24) is 15.1 Å². The van der Waals surface area contributed by atoms with Crippen LogP contribution in [0.1, 0.15) is 27.1 Å². The van der Waals surface area contributed by atoms with Crippen molar-refractivity contribution in [3.63, 3.8) is 0 Å². The number of hydrogen-bond acceptors (Lipinski definition) is 7. The van der Waals surface area contributed by atoms with Crippen molar-refractivity contribution in [3.05, 3.63) is 65.0 Å². The van der Waals surface area contributed by atoms with Gasteiger partial charge in [-0.3, -0.25) is 14.5 Å². The van der Waals surface area contributed by atoms with Crippen LogP contribution in [0.4, 0.5) is 0 Å². The van der Waals surface area contributed by atoms with Gasteiger partial charge in [0.1, 0.15) is 0 Å². The molecule has 0 bridgehead atoms. The molecule has 8 heteroatoms. The zero-order valence-electron chi connectivity index (χ0n) is 15.2. The molecule has 0 saturated heterocycles. The van der Waals surface area contributed by atoms with Crippen LogP contribution < -0.4 is 0 Å². The fraction of sp³-hybridized carbons (Fsp3) is 0.143. The first kappa shape index (κ1) is 18.1. The molecule has 0 atom stereocenters. The molecule has 2 aromatic carbocycles. The third kappa shape index (κ3) is 3.24. The maximum Gasteiger partial charge on any atom is 0.276 e. The zero-order valence-corrected chi connectivity index (χ0v) is 16.8. The van der Waals surface area contributed by atoms with Crippen molar-refractivity contribution in [1.29, 1.82) is 0 Å². The molecule has 0 N–H and O–H groups in total. The van der Waals surface area contributed by atoms with Gasteiger partial charge in [-0.05, 0) is 35.4 Å². The van der Waals surface area contributed by atoms with E-state index < -0.39 is 0 Å². The Morgan fingerprint density at radius 1 is 0.966 bits per heavy atom. The number of carbonyl (C=O) groups excluding carboxylic acids is 2. The minimum atomic E-state index is -0.234. The summed E-state index contributed by atoms with van der Waals surface area (Å²) in [6.07, 6.45) is 0.636. The average molecular weight is 422 g/mol. The lowest BCUT2D eigenvalue weighted by Gasteiger charge is -2.27. The molecule has 0 spiro atoms. The van der Waals surface area contributed by atoms with E-state index in [2.05, 4.69) is 10.2 Å². The molecule has 3 heterocycles. The molecule has 1 aliphatic rings. The monoisotopic (exact) mass is 421 g/mol. The first-order valence-electron chi connectivity index (χ1n) is 9.10. The van der Waals surface area contributed by atoms with Gasteiger partial charge in [-0.15, -0.1) is 21.5 Å². The number of thiophene rings is 1. The summed E-state index contributed by atoms with van der Waals surface area (Å²) < 4.78 is 5.65. The van der Waals surface area contributed by atoms with Gasteiger partial charge < -0.3 is 4.42 Å². The van der Waals surface area contributed by atoms with Crippen LogP contribution in [0.25, 0.3) is 21.5 Å². The van der Waals surface area contributed by atoms with Crippen LogP contribution in [0.2, 0.25) is 0 Å². The molecule has 2 amide bonds. The maximum absolute atomic E-state index is 12.9. The predicted molar refractivity (Wildman–Crippen MR) is 112 cm³/mol. The van der Waals surface area contributed by atoms with Crippen LogP contribution in [0.15, 0.2) is 63.6 Å². The quantitative estimate of drug-likeness (QED) is 0.254. The average Bonchev–Trinajstić information content (AvgIpc) is 3.43. The smallest absolute Gasteiger partial charge is 0.276 e. The van der Waals surface area contributed by atoms with E-state index in [-0.39, 0.29) is 11.8 Å². The molecule has 0 unspecified atom stereocenters. The summed E-state index contributed by atoms with van der Waals surface area (Å²) in [4.78, 5) is 28.0. The molecule has 0 fully saturated rings. The third-order valence-corrected chi connectivity index (χ3v) is 6.51. The van der Waals surface area contributed by atoms with Gasteiger partial charge in [-0.25, -0.2) is 0 Å². The van der Waals surface area contributed by atoms with Gasteiger partial charge in [-0.2, -0.15) is 0 Å². The molecule has 1 aliphatic heterocycles. The Hall–Kier alpha value is -2.97. The predicted octanol–water partition coefficient (Wildman–Crippen LogP) is 4.73. The summed E-state index contributed by atoms with van der Waals surface area (Å²) in [5.41, 5.74) is 1.17. The summed E-state index contributed by atoms with van der Waals surface area (Å²) in [6, 6.07) is 15.0. The SMILES string of the molecule is O=C1c2cccc3cccc(c23)C(=O)N1CCCSc1nnc(-c2cccs2)o1. The first-order valence-corrected chi connectivity index (χ1v) is 11.0. The highest BCUT2D eigenvalue weighted by molar-refractivity contribution is 7.99. The highest BCUT2D eigenvalue weighted by Crippen LogP contribution is 2.30. The zero-order chi connectivity index (χ0) is 19.8. The van der Waals surface area contributed by atoms with Gasteiger partial charge in [0.15, 0.2) is 0 Å². The van der Waals surface area contributed by atoms with E-state index >= 15 is 0 Å². The second-order valence-corrected chi connectivity index (χ2v) is 8.52.